The van der Waals surface area contributed by atoms with Gasteiger partial charge in [-0.2, -0.15) is 18.3 Å². The smallest absolute Gasteiger partial charge is 0.419 e. The fourth-order valence-electron chi connectivity index (χ4n) is 3.85. The van der Waals surface area contributed by atoms with Crippen molar-refractivity contribution < 1.29 is 27.4 Å². The third-order valence-electron chi connectivity index (χ3n) is 5.79. The molecule has 1 amide bonds. The summed E-state index contributed by atoms with van der Waals surface area (Å²) in [5.74, 6) is 0.174. The highest BCUT2D eigenvalue weighted by Gasteiger charge is 2.34. The molecule has 3 heterocycles. The molecule has 200 valence electrons. The molecule has 3 N–H and O–H groups in total. The molecule has 4 rings (SSSR count). The first-order valence-electron chi connectivity index (χ1n) is 11.8. The van der Waals surface area contributed by atoms with Crippen LogP contribution in [-0.4, -0.2) is 45.8 Å². The van der Waals surface area contributed by atoms with Crippen LogP contribution in [0.2, 0.25) is 0 Å². The lowest BCUT2D eigenvalue weighted by atomic mass is 10.1. The van der Waals surface area contributed by atoms with E-state index in [9.17, 15) is 18.0 Å². The van der Waals surface area contributed by atoms with E-state index in [1.807, 2.05) is 13.8 Å². The van der Waals surface area contributed by atoms with Gasteiger partial charge in [-0.25, -0.2) is 14.5 Å². The number of pyridine rings is 1. The number of nitrogens with two attached hydrogens (primary N) is 1. The highest BCUT2D eigenvalue weighted by molar-refractivity contribution is 5.77. The number of aryl methyl sites for hydroxylation is 1. The van der Waals surface area contributed by atoms with Crippen LogP contribution >= 0.6 is 0 Å². The number of hydrogen-bond donors (Lipinski definition) is 2. The highest BCUT2D eigenvalue weighted by atomic mass is 19.4. The van der Waals surface area contributed by atoms with Crippen molar-refractivity contribution in [3.8, 4) is 34.0 Å². The van der Waals surface area contributed by atoms with Gasteiger partial charge in [0.15, 0.2) is 17.1 Å². The van der Waals surface area contributed by atoms with Crippen LogP contribution in [0.1, 0.15) is 25.1 Å². The van der Waals surface area contributed by atoms with Crippen LogP contribution in [0.15, 0.2) is 42.6 Å². The van der Waals surface area contributed by atoms with Gasteiger partial charge in [-0.05, 0) is 43.3 Å². The van der Waals surface area contributed by atoms with Gasteiger partial charge < -0.3 is 20.5 Å². The van der Waals surface area contributed by atoms with Crippen molar-refractivity contribution in [3.63, 3.8) is 0 Å². The van der Waals surface area contributed by atoms with Gasteiger partial charge in [0.2, 0.25) is 5.91 Å². The number of amides is 1. The number of nitrogens with one attached hydrogen (secondary N) is 1. The predicted molar refractivity (Wildman–Crippen MR) is 136 cm³/mol. The Morgan fingerprint density at radius 3 is 2.58 bits per heavy atom. The molecule has 3 aromatic heterocycles. The Balaban J connectivity index is 1.65. The first kappa shape index (κ1) is 26.7. The molecular weight excluding hydrogens is 501 g/mol. The zero-order valence-electron chi connectivity index (χ0n) is 21.3. The minimum absolute atomic E-state index is 0.0594. The van der Waals surface area contributed by atoms with Crippen LogP contribution in [0.5, 0.6) is 11.5 Å². The van der Waals surface area contributed by atoms with Crippen molar-refractivity contribution in [1.29, 1.82) is 0 Å². The molecule has 1 aromatic carbocycles. The Morgan fingerprint density at radius 1 is 1.13 bits per heavy atom. The van der Waals surface area contributed by atoms with Crippen molar-refractivity contribution in [1.82, 2.24) is 24.9 Å². The number of halogens is 3. The molecule has 4 aromatic rings. The Bertz CT molecular complexity index is 1480. The minimum Gasteiger partial charge on any atom is -0.493 e. The fourth-order valence-corrected chi connectivity index (χ4v) is 3.85. The normalized spacial score (nSPS) is 11.7. The number of ether oxygens (including phenoxy) is 2. The van der Waals surface area contributed by atoms with Gasteiger partial charge in [0.05, 0.1) is 36.3 Å². The third-order valence-corrected chi connectivity index (χ3v) is 5.79. The van der Waals surface area contributed by atoms with Gasteiger partial charge in [-0.1, -0.05) is 13.8 Å². The molecular formula is C26H27F3N6O3. The summed E-state index contributed by atoms with van der Waals surface area (Å²) in [6.07, 6.45) is -3.38. The number of aromatic nitrogens is 4. The van der Waals surface area contributed by atoms with Crippen LogP contribution in [0.25, 0.3) is 28.2 Å². The molecule has 0 aliphatic rings. The van der Waals surface area contributed by atoms with E-state index in [0.29, 0.717) is 46.3 Å². The highest BCUT2D eigenvalue weighted by Crippen LogP contribution is 2.36. The molecule has 0 saturated heterocycles. The number of hydrogen-bond acceptors (Lipinski definition) is 7. The Hall–Kier alpha value is -4.35. The summed E-state index contributed by atoms with van der Waals surface area (Å²) in [6, 6.07) is 9.68. The van der Waals surface area contributed by atoms with Gasteiger partial charge in [0.25, 0.3) is 0 Å². The van der Waals surface area contributed by atoms with Gasteiger partial charge in [-0.15, -0.1) is 0 Å². The molecule has 0 radical (unpaired) electrons. The van der Waals surface area contributed by atoms with Gasteiger partial charge >= 0.3 is 6.18 Å². The number of rotatable bonds is 8. The van der Waals surface area contributed by atoms with E-state index in [2.05, 4.69) is 20.4 Å². The number of imidazole rings is 1. The number of methoxy groups -OCH3 is 1. The number of benzene rings is 1. The van der Waals surface area contributed by atoms with Crippen LogP contribution in [0.4, 0.5) is 19.0 Å². The van der Waals surface area contributed by atoms with E-state index >= 15 is 0 Å². The van der Waals surface area contributed by atoms with E-state index in [1.165, 1.54) is 17.8 Å². The topological polar surface area (TPSA) is 117 Å². The molecule has 12 heteroatoms. The van der Waals surface area contributed by atoms with Crippen LogP contribution in [0, 0.1) is 12.8 Å². The molecule has 0 spiro atoms. The molecule has 0 aliphatic heterocycles. The number of nitrogen functional groups attached to an aromatic ring is 1. The van der Waals surface area contributed by atoms with E-state index in [1.54, 1.807) is 37.3 Å². The second-order valence-corrected chi connectivity index (χ2v) is 8.85. The maximum Gasteiger partial charge on any atom is 0.419 e. The summed E-state index contributed by atoms with van der Waals surface area (Å²) in [7, 11) is 1.51. The van der Waals surface area contributed by atoms with Crippen LogP contribution in [-0.2, 0) is 11.0 Å². The molecule has 0 aliphatic carbocycles. The molecule has 0 unspecified atom stereocenters. The maximum atomic E-state index is 13.4. The average Bonchev–Trinajstić information content (AvgIpc) is 3.20. The maximum absolute atomic E-state index is 13.4. The van der Waals surface area contributed by atoms with Crippen molar-refractivity contribution in [2.75, 3.05) is 26.0 Å². The quantitative estimate of drug-likeness (QED) is 0.323. The molecule has 0 fully saturated rings. The molecule has 9 nitrogen and oxygen atoms in total. The number of anilines is 1. The number of nitrogens with zero attached hydrogens (tertiary/aromatic N) is 4. The summed E-state index contributed by atoms with van der Waals surface area (Å²) in [6.45, 7) is 5.91. The van der Waals surface area contributed by atoms with Crippen molar-refractivity contribution in [2.24, 2.45) is 5.92 Å². The summed E-state index contributed by atoms with van der Waals surface area (Å²) in [5, 5.41) is 7.43. The Labute approximate surface area is 216 Å². The molecule has 0 saturated carbocycles. The number of carbonyl (C=O) groups is 1. The van der Waals surface area contributed by atoms with Crippen LogP contribution < -0.4 is 20.5 Å². The zero-order chi connectivity index (χ0) is 27.6. The van der Waals surface area contributed by atoms with E-state index in [0.717, 1.165) is 6.07 Å². The first-order valence-corrected chi connectivity index (χ1v) is 11.8. The van der Waals surface area contributed by atoms with Gasteiger partial charge in [-0.3, -0.25) is 4.79 Å². The third kappa shape index (κ3) is 5.48. The summed E-state index contributed by atoms with van der Waals surface area (Å²) in [4.78, 5) is 19.9. The second-order valence-electron chi connectivity index (χ2n) is 8.85. The zero-order valence-corrected chi connectivity index (χ0v) is 21.3. The molecule has 0 bridgehead atoms. The van der Waals surface area contributed by atoms with Gasteiger partial charge in [0, 0.05) is 23.2 Å². The molecule has 38 heavy (non-hydrogen) atoms. The Kier molecular flexibility index (Phi) is 7.42. The van der Waals surface area contributed by atoms with E-state index in [4.69, 9.17) is 15.2 Å². The van der Waals surface area contributed by atoms with Crippen LogP contribution in [0.3, 0.4) is 0 Å². The summed E-state index contributed by atoms with van der Waals surface area (Å²) in [5.41, 5.74) is 7.17. The van der Waals surface area contributed by atoms with E-state index in [-0.39, 0.29) is 24.0 Å². The summed E-state index contributed by atoms with van der Waals surface area (Å²) < 4.78 is 53.0. The first-order chi connectivity index (χ1) is 18.0. The van der Waals surface area contributed by atoms with Crippen molar-refractivity contribution in [3.05, 3.63) is 53.9 Å². The Morgan fingerprint density at radius 2 is 1.89 bits per heavy atom. The number of carbonyl (C=O) groups excluding carboxylic acids is 1. The fraction of sp³-hybridized carbons (Fsp3) is 0.308. The monoisotopic (exact) mass is 528 g/mol. The largest absolute Gasteiger partial charge is 0.493 e. The minimum atomic E-state index is -4.65. The lowest BCUT2D eigenvalue weighted by molar-refractivity contribution is -0.137. The van der Waals surface area contributed by atoms with E-state index < -0.39 is 17.6 Å². The van der Waals surface area contributed by atoms with Gasteiger partial charge in [0.1, 0.15) is 12.4 Å². The average molecular weight is 529 g/mol. The number of alkyl halides is 3. The van der Waals surface area contributed by atoms with Crippen molar-refractivity contribution >= 4 is 17.4 Å². The SMILES string of the molecule is COc1cc(-c2ccc3nc(C)c(-c4cnc(N)c(C(F)(F)F)c4)n3n2)ccc1OCCNC(=O)C(C)C. The standard InChI is InChI=1S/C26H27F3N6O3/c1-14(2)25(36)31-9-10-38-20-7-5-16(12-21(20)37-4)19-6-8-22-33-15(3)23(35(22)34-19)17-11-18(26(27,28)29)24(30)32-13-17/h5-8,11-14H,9-10H2,1-4H3,(H2,30,32)(H,31,36). The second kappa shape index (κ2) is 10.6. The predicted octanol–water partition coefficient (Wildman–Crippen LogP) is 4.53. The summed E-state index contributed by atoms with van der Waals surface area (Å²) >= 11 is 0. The lowest BCUT2D eigenvalue weighted by Crippen LogP contribution is -2.31. The number of fused-ring (bicyclic) bond motifs is 1. The lowest BCUT2D eigenvalue weighted by Gasteiger charge is -2.13. The van der Waals surface area contributed by atoms with Crippen molar-refractivity contribution in [2.45, 2.75) is 26.9 Å². The molecule has 0 atom stereocenters.